The Kier molecular flexibility index (Phi) is 10.2. The molecule has 1 atom stereocenters. The fourth-order valence-electron chi connectivity index (χ4n) is 2.97. The van der Waals surface area contributed by atoms with Crippen molar-refractivity contribution in [2.45, 2.75) is 16.7 Å². The summed E-state index contributed by atoms with van der Waals surface area (Å²) in [6.45, 7) is 0. The van der Waals surface area contributed by atoms with Gasteiger partial charge in [-0.05, 0) is 6.42 Å². The Bertz CT molecular complexity index is 656. The van der Waals surface area contributed by atoms with Gasteiger partial charge in [-0.25, -0.2) is 48.5 Å². The van der Waals surface area contributed by atoms with Gasteiger partial charge in [-0.1, -0.05) is 21.3 Å². The van der Waals surface area contributed by atoms with Crippen molar-refractivity contribution in [2.75, 3.05) is 0 Å². The fourth-order valence-corrected chi connectivity index (χ4v) is 4.01. The molecule has 1 unspecified atom stereocenters. The van der Waals surface area contributed by atoms with E-state index in [4.69, 9.17) is 0 Å². The molecule has 1 fully saturated rings. The predicted octanol–water partition coefficient (Wildman–Crippen LogP) is 6.38. The van der Waals surface area contributed by atoms with Gasteiger partial charge < -0.3 is 0 Å². The molecule has 3 heteroatoms. The van der Waals surface area contributed by atoms with Crippen molar-refractivity contribution in [2.24, 2.45) is 0 Å². The number of rotatable bonds is 2. The van der Waals surface area contributed by atoms with E-state index in [9.17, 15) is 0 Å². The average molecular weight is 489 g/mol. The van der Waals surface area contributed by atoms with E-state index in [1.54, 1.807) is 0 Å². The van der Waals surface area contributed by atoms with Crippen LogP contribution in [-0.2, 0) is 39.6 Å². The molecule has 0 aromatic heterocycles. The minimum atomic E-state index is 0. The Balaban J connectivity index is 0.000000235. The van der Waals surface area contributed by atoms with Crippen LogP contribution >= 0.6 is 15.9 Å². The van der Waals surface area contributed by atoms with E-state index < -0.39 is 0 Å². The average Bonchev–Trinajstić information content (AvgIpc) is 3.37. The quantitative estimate of drug-likeness (QED) is 0.174. The summed E-state index contributed by atoms with van der Waals surface area (Å²) in [7, 11) is 0. The zero-order chi connectivity index (χ0) is 16.7. The first kappa shape index (κ1) is 23.0. The molecular formula is C23H21BrFe2. The van der Waals surface area contributed by atoms with Crippen LogP contribution in [0.25, 0.3) is 0 Å². The van der Waals surface area contributed by atoms with E-state index in [-0.39, 0.29) is 39.6 Å². The number of hydrogen-bond acceptors (Lipinski definition) is 0. The number of halogens is 1. The van der Waals surface area contributed by atoms with Gasteiger partial charge in [0.2, 0.25) is 0 Å². The Hall–Kier alpha value is -1.08. The van der Waals surface area contributed by atoms with Crippen LogP contribution in [0.1, 0.15) is 17.5 Å². The zero-order valence-electron chi connectivity index (χ0n) is 14.3. The summed E-state index contributed by atoms with van der Waals surface area (Å²) in [5.41, 5.74) is 3.17. The Morgan fingerprint density at radius 1 is 0.654 bits per heavy atom. The Morgan fingerprint density at radius 2 is 0.962 bits per heavy atom. The molecule has 0 nitrogen and oxygen atoms in total. The van der Waals surface area contributed by atoms with Crippen molar-refractivity contribution >= 4 is 15.9 Å². The summed E-state index contributed by atoms with van der Waals surface area (Å²) < 4.78 is 0. The maximum Gasteiger partial charge on any atom is 2.00 e. The zero-order valence-corrected chi connectivity index (χ0v) is 18.1. The van der Waals surface area contributed by atoms with E-state index >= 15 is 0 Å². The molecule has 0 radical (unpaired) electrons. The SMILES string of the molecule is BrC1CC1([c-]1cccc1)[c-]1cccc1.[Fe+2].[Fe+2].c1cc[cH-]c1.c1cc[cH-]c1. The minimum Gasteiger partial charge on any atom is -0.214 e. The molecule has 0 saturated heterocycles. The van der Waals surface area contributed by atoms with Crippen molar-refractivity contribution in [3.63, 3.8) is 0 Å². The molecule has 1 aliphatic rings. The van der Waals surface area contributed by atoms with Gasteiger partial charge in [-0.2, -0.15) is 71.8 Å². The molecule has 0 bridgehead atoms. The third-order valence-electron chi connectivity index (χ3n) is 4.34. The molecule has 0 N–H and O–H groups in total. The third kappa shape index (κ3) is 5.71. The molecule has 0 heterocycles. The molecule has 5 rings (SSSR count). The Labute approximate surface area is 186 Å². The summed E-state index contributed by atoms with van der Waals surface area (Å²) in [4.78, 5) is 0.611. The van der Waals surface area contributed by atoms with E-state index in [0.29, 0.717) is 4.83 Å². The largest absolute Gasteiger partial charge is 2.00 e. The van der Waals surface area contributed by atoms with Gasteiger partial charge in [0, 0.05) is 4.83 Å². The van der Waals surface area contributed by atoms with Gasteiger partial charge >= 0.3 is 34.1 Å². The van der Waals surface area contributed by atoms with Crippen LogP contribution in [0.5, 0.6) is 0 Å². The van der Waals surface area contributed by atoms with Crippen LogP contribution in [0.2, 0.25) is 0 Å². The van der Waals surface area contributed by atoms with Gasteiger partial charge in [0.25, 0.3) is 0 Å². The molecule has 136 valence electrons. The number of hydrogen-bond donors (Lipinski definition) is 0. The first-order chi connectivity index (χ1) is 11.8. The van der Waals surface area contributed by atoms with Crippen LogP contribution in [0.4, 0.5) is 0 Å². The smallest absolute Gasteiger partial charge is 0.214 e. The molecule has 1 saturated carbocycles. The molecule has 1 aliphatic carbocycles. The minimum absolute atomic E-state index is 0. The van der Waals surface area contributed by atoms with E-state index in [0.717, 1.165) is 0 Å². The van der Waals surface area contributed by atoms with Crippen molar-refractivity contribution in [1.82, 2.24) is 0 Å². The second-order valence-electron chi connectivity index (χ2n) is 5.91. The third-order valence-corrected chi connectivity index (χ3v) is 5.45. The molecule has 26 heavy (non-hydrogen) atoms. The van der Waals surface area contributed by atoms with Gasteiger partial charge in [0.1, 0.15) is 0 Å². The van der Waals surface area contributed by atoms with Crippen LogP contribution in [-0.4, -0.2) is 4.83 Å². The summed E-state index contributed by atoms with van der Waals surface area (Å²) >= 11 is 3.75. The topological polar surface area (TPSA) is 0 Å². The molecular weight excluding hydrogens is 468 g/mol. The molecule has 4 aromatic carbocycles. The Morgan fingerprint density at radius 3 is 1.15 bits per heavy atom. The van der Waals surface area contributed by atoms with Gasteiger partial charge in [-0.3, -0.25) is 0 Å². The molecule has 0 spiro atoms. The van der Waals surface area contributed by atoms with Crippen molar-refractivity contribution in [3.05, 3.63) is 120 Å². The first-order valence-electron chi connectivity index (χ1n) is 8.26. The van der Waals surface area contributed by atoms with Gasteiger partial charge in [-0.15, -0.1) is 0 Å². The maximum atomic E-state index is 3.75. The summed E-state index contributed by atoms with van der Waals surface area (Å²) in [6, 6.07) is 37.4. The second-order valence-corrected chi connectivity index (χ2v) is 7.02. The molecule has 0 amide bonds. The molecule has 4 aromatic rings. The standard InChI is InChI=1S/C13H11Br.2C5H5.2Fe/c14-12-9-13(12,10-5-1-2-6-10)11-7-3-4-8-11;2*1-2-4-5-3-1;;/h1-8,12H,9H2;2*1-5H;;/q-2;2*-1;2*+2. The second kappa shape index (κ2) is 11.6. The first-order valence-corrected chi connectivity index (χ1v) is 9.17. The van der Waals surface area contributed by atoms with Crippen molar-refractivity contribution in [3.8, 4) is 0 Å². The van der Waals surface area contributed by atoms with Crippen LogP contribution in [0.3, 0.4) is 0 Å². The van der Waals surface area contributed by atoms with Crippen LogP contribution < -0.4 is 0 Å². The van der Waals surface area contributed by atoms with Crippen molar-refractivity contribution < 1.29 is 34.1 Å². The predicted molar refractivity (Wildman–Crippen MR) is 106 cm³/mol. The van der Waals surface area contributed by atoms with Gasteiger partial charge in [0.15, 0.2) is 0 Å². The van der Waals surface area contributed by atoms with Gasteiger partial charge in [0.05, 0.1) is 0 Å². The number of alkyl halides is 1. The van der Waals surface area contributed by atoms with Crippen LogP contribution in [0.15, 0.2) is 109 Å². The summed E-state index contributed by atoms with van der Waals surface area (Å²) in [5.74, 6) is 0. The van der Waals surface area contributed by atoms with Crippen molar-refractivity contribution in [1.29, 1.82) is 0 Å². The van der Waals surface area contributed by atoms with Crippen LogP contribution in [0, 0.1) is 0 Å². The van der Waals surface area contributed by atoms with E-state index in [1.807, 2.05) is 60.7 Å². The summed E-state index contributed by atoms with van der Waals surface area (Å²) in [5, 5.41) is 0. The maximum absolute atomic E-state index is 3.75. The fraction of sp³-hybridized carbons (Fsp3) is 0.130. The summed E-state index contributed by atoms with van der Waals surface area (Å²) in [6.07, 6.45) is 1.22. The monoisotopic (exact) mass is 488 g/mol. The van der Waals surface area contributed by atoms with E-state index in [2.05, 4.69) is 64.5 Å². The molecule has 0 aliphatic heterocycles. The van der Waals surface area contributed by atoms with E-state index in [1.165, 1.54) is 17.5 Å². The normalized spacial score (nSPS) is 15.8.